The molecule has 18 heavy (non-hydrogen) atoms. The van der Waals surface area contributed by atoms with Gasteiger partial charge < -0.3 is 4.90 Å². The Labute approximate surface area is 108 Å². The van der Waals surface area contributed by atoms with Crippen LogP contribution < -0.4 is 0 Å². The fourth-order valence-corrected chi connectivity index (χ4v) is 2.11. The van der Waals surface area contributed by atoms with E-state index in [9.17, 15) is 4.39 Å². The summed E-state index contributed by atoms with van der Waals surface area (Å²) in [5.41, 5.74) is 1.10. The summed E-state index contributed by atoms with van der Waals surface area (Å²) in [6, 6.07) is 11.8. The molecule has 0 saturated carbocycles. The van der Waals surface area contributed by atoms with Gasteiger partial charge in [-0.15, -0.1) is 0 Å². The summed E-state index contributed by atoms with van der Waals surface area (Å²) in [5.74, 6) is -0.143. The Morgan fingerprint density at radius 2 is 1.89 bits per heavy atom. The van der Waals surface area contributed by atoms with E-state index in [2.05, 4.69) is 31.9 Å². The normalized spacial score (nSPS) is 11.7. The Bertz CT molecular complexity index is 534. The molecule has 0 unspecified atom stereocenters. The van der Waals surface area contributed by atoms with E-state index in [-0.39, 0.29) is 5.82 Å². The van der Waals surface area contributed by atoms with Crippen molar-refractivity contribution in [2.45, 2.75) is 26.3 Å². The molecule has 0 aliphatic rings. The van der Waals surface area contributed by atoms with Crippen molar-refractivity contribution in [3.8, 4) is 0 Å². The number of halogens is 1. The monoisotopic (exact) mass is 245 g/mol. The molecule has 0 aromatic heterocycles. The molecule has 0 heterocycles. The minimum Gasteiger partial charge on any atom is -0.304 e. The van der Waals surface area contributed by atoms with Crippen molar-refractivity contribution in [3.05, 3.63) is 47.8 Å². The first-order chi connectivity index (χ1) is 8.58. The molecule has 2 heteroatoms. The number of fused-ring (bicyclic) bond motifs is 1. The van der Waals surface area contributed by atoms with Gasteiger partial charge in [-0.25, -0.2) is 4.39 Å². The fourth-order valence-electron chi connectivity index (χ4n) is 2.11. The predicted octanol–water partition coefficient (Wildman–Crippen LogP) is 3.86. The van der Waals surface area contributed by atoms with Crippen molar-refractivity contribution >= 4 is 10.8 Å². The van der Waals surface area contributed by atoms with Gasteiger partial charge in [-0.05, 0) is 55.8 Å². The highest BCUT2D eigenvalue weighted by Gasteiger charge is 2.07. The molecule has 0 fully saturated rings. The Balaban J connectivity index is 2.27. The van der Waals surface area contributed by atoms with Gasteiger partial charge in [-0.2, -0.15) is 0 Å². The maximum Gasteiger partial charge on any atom is 0.124 e. The molecule has 0 radical (unpaired) electrons. The zero-order valence-electron chi connectivity index (χ0n) is 11.3. The van der Waals surface area contributed by atoms with Crippen molar-refractivity contribution in [2.75, 3.05) is 13.6 Å². The van der Waals surface area contributed by atoms with Gasteiger partial charge in [0.2, 0.25) is 0 Å². The minimum atomic E-state index is -0.143. The van der Waals surface area contributed by atoms with Gasteiger partial charge in [0.05, 0.1) is 0 Å². The fraction of sp³-hybridized carbons (Fsp3) is 0.375. The van der Waals surface area contributed by atoms with Crippen LogP contribution in [-0.4, -0.2) is 24.5 Å². The van der Waals surface area contributed by atoms with E-state index in [1.165, 1.54) is 0 Å². The van der Waals surface area contributed by atoms with Crippen LogP contribution in [0.25, 0.3) is 10.8 Å². The molecule has 1 nitrogen and oxygen atoms in total. The van der Waals surface area contributed by atoms with Gasteiger partial charge in [0, 0.05) is 12.6 Å². The van der Waals surface area contributed by atoms with Crippen molar-refractivity contribution in [1.29, 1.82) is 0 Å². The second kappa shape index (κ2) is 5.49. The van der Waals surface area contributed by atoms with Gasteiger partial charge >= 0.3 is 0 Å². The summed E-state index contributed by atoms with van der Waals surface area (Å²) >= 11 is 0. The summed E-state index contributed by atoms with van der Waals surface area (Å²) < 4.78 is 13.6. The lowest BCUT2D eigenvalue weighted by molar-refractivity contribution is 0.277. The molecule has 2 aromatic rings. The highest BCUT2D eigenvalue weighted by molar-refractivity contribution is 5.85. The topological polar surface area (TPSA) is 3.24 Å². The molecule has 96 valence electrons. The number of benzene rings is 2. The van der Waals surface area contributed by atoms with Crippen molar-refractivity contribution in [3.63, 3.8) is 0 Å². The third-order valence-corrected chi connectivity index (χ3v) is 3.53. The number of nitrogens with zero attached hydrogens (tertiary/aromatic N) is 1. The van der Waals surface area contributed by atoms with Crippen molar-refractivity contribution in [1.82, 2.24) is 4.90 Å². The number of likely N-dealkylation sites (N-methyl/N-ethyl adjacent to an activating group) is 1. The lowest BCUT2D eigenvalue weighted by atomic mass is 10.0. The number of rotatable bonds is 4. The van der Waals surface area contributed by atoms with Gasteiger partial charge in [-0.1, -0.05) is 24.3 Å². The summed E-state index contributed by atoms with van der Waals surface area (Å²) in [6.07, 6.45) is 0.882. The average molecular weight is 245 g/mol. The minimum absolute atomic E-state index is 0.143. The summed E-state index contributed by atoms with van der Waals surface area (Å²) in [6.45, 7) is 5.29. The van der Waals surface area contributed by atoms with E-state index < -0.39 is 0 Å². The van der Waals surface area contributed by atoms with E-state index in [1.807, 2.05) is 18.2 Å². The largest absolute Gasteiger partial charge is 0.304 e. The van der Waals surface area contributed by atoms with Crippen LogP contribution in [0.15, 0.2) is 36.4 Å². The molecule has 0 spiro atoms. The SMILES string of the molecule is CC(C)N(C)CCc1cc(F)cc2ccccc12. The first-order valence-corrected chi connectivity index (χ1v) is 6.45. The van der Waals surface area contributed by atoms with E-state index in [4.69, 9.17) is 0 Å². The standard InChI is InChI=1S/C16H20FN/c1-12(2)18(3)9-8-14-11-15(17)10-13-6-4-5-7-16(13)14/h4-7,10-12H,8-9H2,1-3H3. The zero-order valence-corrected chi connectivity index (χ0v) is 11.3. The highest BCUT2D eigenvalue weighted by Crippen LogP contribution is 2.21. The van der Waals surface area contributed by atoms with Crippen LogP contribution >= 0.6 is 0 Å². The maximum absolute atomic E-state index is 13.6. The predicted molar refractivity (Wildman–Crippen MR) is 75.4 cm³/mol. The summed E-state index contributed by atoms with van der Waals surface area (Å²) in [5, 5.41) is 2.15. The summed E-state index contributed by atoms with van der Waals surface area (Å²) in [4.78, 5) is 2.28. The zero-order chi connectivity index (χ0) is 13.1. The third kappa shape index (κ3) is 2.88. The lowest BCUT2D eigenvalue weighted by Gasteiger charge is -2.21. The molecule has 2 aromatic carbocycles. The maximum atomic E-state index is 13.6. The molecular weight excluding hydrogens is 225 g/mol. The molecule has 0 amide bonds. The molecule has 0 atom stereocenters. The van der Waals surface area contributed by atoms with Crippen molar-refractivity contribution < 1.29 is 4.39 Å². The van der Waals surface area contributed by atoms with Crippen LogP contribution in [0.1, 0.15) is 19.4 Å². The average Bonchev–Trinajstić information content (AvgIpc) is 2.35. The van der Waals surface area contributed by atoms with Crippen LogP contribution in [0.4, 0.5) is 4.39 Å². The molecule has 0 saturated heterocycles. The van der Waals surface area contributed by atoms with Gasteiger partial charge in [-0.3, -0.25) is 0 Å². The van der Waals surface area contributed by atoms with E-state index >= 15 is 0 Å². The van der Waals surface area contributed by atoms with E-state index in [1.54, 1.807) is 12.1 Å². The first-order valence-electron chi connectivity index (χ1n) is 6.45. The number of hydrogen-bond acceptors (Lipinski definition) is 1. The quantitative estimate of drug-likeness (QED) is 0.790. The summed E-state index contributed by atoms with van der Waals surface area (Å²) in [7, 11) is 2.10. The van der Waals surface area contributed by atoms with Crippen LogP contribution in [-0.2, 0) is 6.42 Å². The molecule has 0 aliphatic heterocycles. The Kier molecular flexibility index (Phi) is 3.97. The van der Waals surface area contributed by atoms with Crippen LogP contribution in [0.2, 0.25) is 0 Å². The molecule has 0 bridgehead atoms. The van der Waals surface area contributed by atoms with Crippen LogP contribution in [0, 0.1) is 5.82 Å². The van der Waals surface area contributed by atoms with Gasteiger partial charge in [0.15, 0.2) is 0 Å². The molecule has 0 N–H and O–H groups in total. The first kappa shape index (κ1) is 13.0. The van der Waals surface area contributed by atoms with Gasteiger partial charge in [0.1, 0.15) is 5.82 Å². The Hall–Kier alpha value is -1.41. The second-order valence-electron chi connectivity index (χ2n) is 5.11. The number of hydrogen-bond donors (Lipinski definition) is 0. The smallest absolute Gasteiger partial charge is 0.124 e. The van der Waals surface area contributed by atoms with E-state index in [0.717, 1.165) is 29.3 Å². The highest BCUT2D eigenvalue weighted by atomic mass is 19.1. The molecular formula is C16H20FN. The van der Waals surface area contributed by atoms with Gasteiger partial charge in [0.25, 0.3) is 0 Å². The Morgan fingerprint density at radius 3 is 2.61 bits per heavy atom. The van der Waals surface area contributed by atoms with Crippen molar-refractivity contribution in [2.24, 2.45) is 0 Å². The Morgan fingerprint density at radius 1 is 1.17 bits per heavy atom. The van der Waals surface area contributed by atoms with E-state index in [0.29, 0.717) is 6.04 Å². The lowest BCUT2D eigenvalue weighted by Crippen LogP contribution is -2.28. The third-order valence-electron chi connectivity index (χ3n) is 3.53. The molecule has 2 rings (SSSR count). The second-order valence-corrected chi connectivity index (χ2v) is 5.11. The van der Waals surface area contributed by atoms with Crippen LogP contribution in [0.3, 0.4) is 0 Å². The van der Waals surface area contributed by atoms with Crippen LogP contribution in [0.5, 0.6) is 0 Å². The molecule has 0 aliphatic carbocycles.